The Labute approximate surface area is 111 Å². The van der Waals surface area contributed by atoms with Crippen molar-refractivity contribution >= 4 is 11.6 Å². The lowest BCUT2D eigenvalue weighted by molar-refractivity contribution is 0.0600. The lowest BCUT2D eigenvalue weighted by Crippen LogP contribution is -2.19. The van der Waals surface area contributed by atoms with E-state index in [1.807, 2.05) is 4.40 Å². The van der Waals surface area contributed by atoms with E-state index in [9.17, 15) is 4.79 Å². The smallest absolute Gasteiger partial charge is 0.339 e. The number of esters is 1. The average molecular weight is 260 g/mol. The maximum atomic E-state index is 11.6. The predicted octanol–water partition coefficient (Wildman–Crippen LogP) is 1.28. The van der Waals surface area contributed by atoms with Crippen LogP contribution in [-0.2, 0) is 4.74 Å². The summed E-state index contributed by atoms with van der Waals surface area (Å²) in [5, 5.41) is 8.43. The largest absolute Gasteiger partial charge is 0.465 e. The van der Waals surface area contributed by atoms with Crippen molar-refractivity contribution in [1.82, 2.24) is 19.5 Å². The third-order valence-corrected chi connectivity index (χ3v) is 3.67. The first-order valence-corrected chi connectivity index (χ1v) is 6.34. The predicted molar refractivity (Wildman–Crippen MR) is 68.9 cm³/mol. The van der Waals surface area contributed by atoms with Crippen molar-refractivity contribution in [1.29, 1.82) is 0 Å². The second-order valence-corrected chi connectivity index (χ2v) is 4.83. The van der Waals surface area contributed by atoms with Gasteiger partial charge in [0.25, 0.3) is 0 Å². The van der Waals surface area contributed by atoms with Gasteiger partial charge in [0, 0.05) is 6.20 Å². The fraction of sp³-hybridized carbons (Fsp3) is 0.462. The molecule has 1 saturated heterocycles. The minimum atomic E-state index is -0.346. The zero-order valence-corrected chi connectivity index (χ0v) is 11.0. The van der Waals surface area contributed by atoms with Crippen LogP contribution in [0, 0.1) is 0 Å². The van der Waals surface area contributed by atoms with Crippen molar-refractivity contribution < 1.29 is 9.53 Å². The average Bonchev–Trinajstić information content (AvgIpc) is 3.02. The molecule has 0 amide bonds. The highest BCUT2D eigenvalue weighted by Crippen LogP contribution is 2.29. The Morgan fingerprint density at radius 3 is 2.95 bits per heavy atom. The summed E-state index contributed by atoms with van der Waals surface area (Å²) < 4.78 is 6.63. The van der Waals surface area contributed by atoms with Crippen molar-refractivity contribution in [2.75, 3.05) is 20.7 Å². The third-order valence-electron chi connectivity index (χ3n) is 3.67. The topological polar surface area (TPSA) is 59.7 Å². The van der Waals surface area contributed by atoms with E-state index in [2.05, 4.69) is 22.1 Å². The van der Waals surface area contributed by atoms with E-state index in [4.69, 9.17) is 4.74 Å². The van der Waals surface area contributed by atoms with E-state index in [0.29, 0.717) is 5.56 Å². The van der Waals surface area contributed by atoms with Gasteiger partial charge >= 0.3 is 5.97 Å². The number of carbonyl (C=O) groups excluding carboxylic acids is 1. The monoisotopic (exact) mass is 260 g/mol. The number of hydrogen-bond donors (Lipinski definition) is 0. The molecule has 0 aliphatic carbocycles. The van der Waals surface area contributed by atoms with E-state index in [1.54, 1.807) is 18.3 Å². The molecule has 3 heterocycles. The van der Waals surface area contributed by atoms with E-state index in [-0.39, 0.29) is 12.0 Å². The molecule has 1 atom stereocenters. The SMILES string of the molecule is COC(=O)c1ccc2nnc(C3CCCN3C)n2c1. The van der Waals surface area contributed by atoms with Gasteiger partial charge in [-0.1, -0.05) is 0 Å². The zero-order valence-electron chi connectivity index (χ0n) is 11.0. The highest BCUT2D eigenvalue weighted by molar-refractivity contribution is 5.89. The lowest BCUT2D eigenvalue weighted by Gasteiger charge is -2.17. The summed E-state index contributed by atoms with van der Waals surface area (Å²) in [6, 6.07) is 3.76. The van der Waals surface area contributed by atoms with Gasteiger partial charge in [-0.3, -0.25) is 9.30 Å². The molecule has 6 heteroatoms. The molecule has 2 aromatic heterocycles. The first kappa shape index (κ1) is 12.1. The molecular formula is C13H16N4O2. The summed E-state index contributed by atoms with van der Waals surface area (Å²) in [5.74, 6) is 0.544. The molecule has 1 unspecified atom stereocenters. The maximum absolute atomic E-state index is 11.6. The van der Waals surface area contributed by atoms with Gasteiger partial charge in [0.05, 0.1) is 18.7 Å². The number of fused-ring (bicyclic) bond motifs is 1. The Bertz CT molecular complexity index is 622. The van der Waals surface area contributed by atoms with Crippen LogP contribution < -0.4 is 0 Å². The number of nitrogens with zero attached hydrogens (tertiary/aromatic N) is 4. The normalized spacial score (nSPS) is 20.0. The molecule has 3 rings (SSSR count). The number of ether oxygens (including phenoxy) is 1. The Morgan fingerprint density at radius 1 is 1.42 bits per heavy atom. The number of methoxy groups -OCH3 is 1. The van der Waals surface area contributed by atoms with Gasteiger partial charge in [-0.15, -0.1) is 10.2 Å². The molecule has 1 fully saturated rings. The molecule has 0 N–H and O–H groups in total. The van der Waals surface area contributed by atoms with Crippen LogP contribution in [0.2, 0.25) is 0 Å². The molecule has 0 aromatic carbocycles. The van der Waals surface area contributed by atoms with E-state index in [1.165, 1.54) is 7.11 Å². The third kappa shape index (κ3) is 1.98. The van der Waals surface area contributed by atoms with Crippen LogP contribution in [0.15, 0.2) is 18.3 Å². The second kappa shape index (κ2) is 4.62. The van der Waals surface area contributed by atoms with Crippen LogP contribution >= 0.6 is 0 Å². The summed E-state index contributed by atoms with van der Waals surface area (Å²) in [4.78, 5) is 13.9. The van der Waals surface area contributed by atoms with E-state index >= 15 is 0 Å². The summed E-state index contributed by atoms with van der Waals surface area (Å²) in [6.07, 6.45) is 3.98. The first-order chi connectivity index (χ1) is 9.20. The van der Waals surface area contributed by atoms with Crippen molar-refractivity contribution in [3.05, 3.63) is 29.7 Å². The van der Waals surface area contributed by atoms with Crippen LogP contribution in [0.4, 0.5) is 0 Å². The number of aromatic nitrogens is 3. The molecular weight excluding hydrogens is 244 g/mol. The first-order valence-electron chi connectivity index (χ1n) is 6.34. The van der Waals surface area contributed by atoms with Gasteiger partial charge in [-0.2, -0.15) is 0 Å². The van der Waals surface area contributed by atoms with Crippen LogP contribution in [-0.4, -0.2) is 46.2 Å². The maximum Gasteiger partial charge on any atom is 0.339 e. The van der Waals surface area contributed by atoms with Crippen molar-refractivity contribution in [3.8, 4) is 0 Å². The molecule has 1 aliphatic heterocycles. The fourth-order valence-electron chi connectivity index (χ4n) is 2.61. The van der Waals surface area contributed by atoms with Gasteiger partial charge < -0.3 is 4.74 Å². The molecule has 0 saturated carbocycles. The molecule has 0 spiro atoms. The van der Waals surface area contributed by atoms with Crippen LogP contribution in [0.25, 0.3) is 5.65 Å². The molecule has 0 bridgehead atoms. The fourth-order valence-corrected chi connectivity index (χ4v) is 2.61. The standard InChI is InChI=1S/C13H16N4O2/c1-16-7-3-4-10(16)12-15-14-11-6-5-9(8-17(11)12)13(18)19-2/h5-6,8,10H,3-4,7H2,1-2H3. The van der Waals surface area contributed by atoms with E-state index in [0.717, 1.165) is 30.9 Å². The number of carbonyl (C=O) groups is 1. The molecule has 6 nitrogen and oxygen atoms in total. The highest BCUT2D eigenvalue weighted by Gasteiger charge is 2.27. The Kier molecular flexibility index (Phi) is 2.94. The Balaban J connectivity index is 2.07. The van der Waals surface area contributed by atoms with Gasteiger partial charge in [0.1, 0.15) is 0 Å². The number of rotatable bonds is 2. The van der Waals surface area contributed by atoms with Gasteiger partial charge in [0.15, 0.2) is 11.5 Å². The van der Waals surface area contributed by atoms with Crippen LogP contribution in [0.5, 0.6) is 0 Å². The molecule has 2 aromatic rings. The molecule has 0 radical (unpaired) electrons. The quantitative estimate of drug-likeness (QED) is 0.761. The molecule has 1 aliphatic rings. The van der Waals surface area contributed by atoms with Crippen molar-refractivity contribution in [2.45, 2.75) is 18.9 Å². The van der Waals surface area contributed by atoms with E-state index < -0.39 is 0 Å². The number of pyridine rings is 1. The number of likely N-dealkylation sites (tertiary alicyclic amines) is 1. The van der Waals surface area contributed by atoms with Crippen molar-refractivity contribution in [2.24, 2.45) is 0 Å². The summed E-state index contributed by atoms with van der Waals surface area (Å²) in [6.45, 7) is 1.07. The van der Waals surface area contributed by atoms with Gasteiger partial charge in [0.2, 0.25) is 0 Å². The van der Waals surface area contributed by atoms with Crippen LogP contribution in [0.1, 0.15) is 35.1 Å². The molecule has 19 heavy (non-hydrogen) atoms. The van der Waals surface area contributed by atoms with Crippen LogP contribution in [0.3, 0.4) is 0 Å². The molecule has 100 valence electrons. The van der Waals surface area contributed by atoms with Gasteiger partial charge in [-0.25, -0.2) is 4.79 Å². The summed E-state index contributed by atoms with van der Waals surface area (Å²) >= 11 is 0. The highest BCUT2D eigenvalue weighted by atomic mass is 16.5. The second-order valence-electron chi connectivity index (χ2n) is 4.83. The van der Waals surface area contributed by atoms with Gasteiger partial charge in [-0.05, 0) is 38.6 Å². The minimum absolute atomic E-state index is 0.267. The minimum Gasteiger partial charge on any atom is -0.465 e. The Hall–Kier alpha value is -1.95. The Morgan fingerprint density at radius 2 is 2.26 bits per heavy atom. The number of hydrogen-bond acceptors (Lipinski definition) is 5. The zero-order chi connectivity index (χ0) is 13.4. The van der Waals surface area contributed by atoms with Crippen molar-refractivity contribution in [3.63, 3.8) is 0 Å². The summed E-state index contributed by atoms with van der Waals surface area (Å²) in [7, 11) is 3.47. The lowest BCUT2D eigenvalue weighted by atomic mass is 10.2. The summed E-state index contributed by atoms with van der Waals surface area (Å²) in [5.41, 5.74) is 1.26.